The number of aromatic nitrogens is 1. The van der Waals surface area contributed by atoms with Gasteiger partial charge >= 0.3 is 11.8 Å². The van der Waals surface area contributed by atoms with Crippen molar-refractivity contribution < 1.29 is 9.59 Å². The number of carbonyl (C=O) groups is 2. The van der Waals surface area contributed by atoms with Crippen LogP contribution < -0.4 is 10.6 Å². The highest BCUT2D eigenvalue weighted by molar-refractivity contribution is 6.44. The highest BCUT2D eigenvalue weighted by Crippen LogP contribution is 2.17. The number of amides is 2. The van der Waals surface area contributed by atoms with Crippen LogP contribution in [0.3, 0.4) is 0 Å². The lowest BCUT2D eigenvalue weighted by Gasteiger charge is -2.07. The predicted octanol–water partition coefficient (Wildman–Crippen LogP) is 2.62. The molecule has 0 spiro atoms. The van der Waals surface area contributed by atoms with Gasteiger partial charge in [-0.25, -0.2) is 4.98 Å². The Bertz CT molecular complexity index is 641. The Balaban J connectivity index is 2.01. The number of nitrogens with zero attached hydrogens (tertiary/aromatic N) is 1. The zero-order valence-corrected chi connectivity index (χ0v) is 11.4. The molecule has 0 bridgehead atoms. The Morgan fingerprint density at radius 1 is 1.05 bits per heavy atom. The van der Waals surface area contributed by atoms with Crippen LogP contribution in [0.4, 0.5) is 11.4 Å². The van der Waals surface area contributed by atoms with Gasteiger partial charge in [-0.2, -0.15) is 0 Å². The fraction of sp³-hybridized carbons (Fsp3) is 0.0714. The average molecular weight is 290 g/mol. The minimum Gasteiger partial charge on any atom is -0.318 e. The van der Waals surface area contributed by atoms with E-state index in [0.717, 1.165) is 5.56 Å². The number of rotatable bonds is 2. The van der Waals surface area contributed by atoms with Crippen molar-refractivity contribution in [2.45, 2.75) is 6.92 Å². The van der Waals surface area contributed by atoms with Crippen LogP contribution in [0.25, 0.3) is 0 Å². The van der Waals surface area contributed by atoms with Gasteiger partial charge < -0.3 is 10.6 Å². The number of aryl methyl sites for hydroxylation is 1. The van der Waals surface area contributed by atoms with Gasteiger partial charge in [0.1, 0.15) is 0 Å². The summed E-state index contributed by atoms with van der Waals surface area (Å²) >= 11 is 5.79. The van der Waals surface area contributed by atoms with Crippen molar-refractivity contribution in [1.29, 1.82) is 0 Å². The first-order chi connectivity index (χ1) is 9.56. The zero-order chi connectivity index (χ0) is 14.5. The monoisotopic (exact) mass is 289 g/mol. The molecule has 0 saturated carbocycles. The molecule has 0 atom stereocenters. The fourth-order valence-electron chi connectivity index (χ4n) is 1.48. The van der Waals surface area contributed by atoms with E-state index in [1.165, 1.54) is 6.20 Å². The van der Waals surface area contributed by atoms with E-state index in [4.69, 9.17) is 11.6 Å². The number of halogens is 1. The van der Waals surface area contributed by atoms with Gasteiger partial charge in [0.15, 0.2) is 5.15 Å². The Kier molecular flexibility index (Phi) is 4.32. The first-order valence-electron chi connectivity index (χ1n) is 5.86. The van der Waals surface area contributed by atoms with Gasteiger partial charge in [0, 0.05) is 11.9 Å². The van der Waals surface area contributed by atoms with E-state index in [-0.39, 0.29) is 5.15 Å². The summed E-state index contributed by atoms with van der Waals surface area (Å²) in [6.07, 6.45) is 1.49. The molecule has 102 valence electrons. The lowest BCUT2D eigenvalue weighted by atomic mass is 10.2. The quantitative estimate of drug-likeness (QED) is 0.659. The van der Waals surface area contributed by atoms with Crippen molar-refractivity contribution in [3.8, 4) is 0 Å². The van der Waals surface area contributed by atoms with Gasteiger partial charge in [0.05, 0.1) is 5.69 Å². The van der Waals surface area contributed by atoms with Crippen LogP contribution in [0.5, 0.6) is 0 Å². The van der Waals surface area contributed by atoms with Gasteiger partial charge in [-0.15, -0.1) is 0 Å². The molecule has 1 heterocycles. The van der Waals surface area contributed by atoms with Crippen molar-refractivity contribution >= 4 is 34.8 Å². The van der Waals surface area contributed by atoms with E-state index in [2.05, 4.69) is 15.6 Å². The summed E-state index contributed by atoms with van der Waals surface area (Å²) in [5.74, 6) is -1.57. The second-order valence-electron chi connectivity index (χ2n) is 4.12. The number of pyridine rings is 1. The molecule has 2 N–H and O–H groups in total. The summed E-state index contributed by atoms with van der Waals surface area (Å²) in [5.41, 5.74) is 1.90. The smallest absolute Gasteiger partial charge is 0.314 e. The molecule has 0 radical (unpaired) electrons. The van der Waals surface area contributed by atoms with Crippen LogP contribution in [-0.4, -0.2) is 16.8 Å². The van der Waals surface area contributed by atoms with Gasteiger partial charge in [0.25, 0.3) is 0 Å². The van der Waals surface area contributed by atoms with Crippen LogP contribution in [0.1, 0.15) is 5.56 Å². The third-order valence-corrected chi connectivity index (χ3v) is 2.82. The minimum absolute atomic E-state index is 0.129. The summed E-state index contributed by atoms with van der Waals surface area (Å²) in [5, 5.41) is 5.02. The fourth-order valence-corrected chi connectivity index (χ4v) is 1.65. The summed E-state index contributed by atoms with van der Waals surface area (Å²) in [6.45, 7) is 1.93. The maximum absolute atomic E-state index is 11.7. The molecule has 1 aromatic heterocycles. The van der Waals surface area contributed by atoms with Crippen molar-refractivity contribution in [3.63, 3.8) is 0 Å². The number of hydrogen-bond donors (Lipinski definition) is 2. The van der Waals surface area contributed by atoms with E-state index >= 15 is 0 Å². The Morgan fingerprint density at radius 2 is 1.70 bits per heavy atom. The van der Waals surface area contributed by atoms with E-state index in [9.17, 15) is 9.59 Å². The molecule has 20 heavy (non-hydrogen) atoms. The Morgan fingerprint density at radius 3 is 2.35 bits per heavy atom. The van der Waals surface area contributed by atoms with E-state index in [0.29, 0.717) is 11.4 Å². The molecule has 0 aliphatic heterocycles. The van der Waals surface area contributed by atoms with Gasteiger partial charge in [-0.1, -0.05) is 29.3 Å². The van der Waals surface area contributed by atoms with Crippen molar-refractivity contribution in [2.75, 3.05) is 10.6 Å². The molecule has 0 aliphatic carbocycles. The zero-order valence-electron chi connectivity index (χ0n) is 10.7. The van der Waals surface area contributed by atoms with Crippen molar-refractivity contribution in [1.82, 2.24) is 4.98 Å². The van der Waals surface area contributed by atoms with Gasteiger partial charge in [-0.05, 0) is 31.2 Å². The minimum atomic E-state index is -0.805. The lowest BCUT2D eigenvalue weighted by Crippen LogP contribution is -2.29. The largest absolute Gasteiger partial charge is 0.318 e. The molecule has 6 heteroatoms. The highest BCUT2D eigenvalue weighted by atomic mass is 35.5. The van der Waals surface area contributed by atoms with Crippen molar-refractivity contribution in [3.05, 3.63) is 53.3 Å². The summed E-state index contributed by atoms with van der Waals surface area (Å²) in [6, 6.07) is 10.3. The standard InChI is InChI=1S/C14H12ClN3O2/c1-9-4-6-10(7-5-9)17-13(19)14(20)18-11-3-2-8-16-12(11)15/h2-8H,1H3,(H,17,19)(H,18,20). The van der Waals surface area contributed by atoms with Crippen LogP contribution in [0.2, 0.25) is 5.15 Å². The molecule has 2 amide bonds. The Labute approximate surface area is 121 Å². The summed E-state index contributed by atoms with van der Waals surface area (Å²) in [4.78, 5) is 27.3. The SMILES string of the molecule is Cc1ccc(NC(=O)C(=O)Nc2cccnc2Cl)cc1. The van der Waals surface area contributed by atoms with Crippen molar-refractivity contribution in [2.24, 2.45) is 0 Å². The third kappa shape index (κ3) is 3.55. The normalized spacial score (nSPS) is 9.90. The molecule has 0 saturated heterocycles. The molecule has 2 aromatic rings. The van der Waals surface area contributed by atoms with Crippen LogP contribution in [0.15, 0.2) is 42.6 Å². The predicted molar refractivity (Wildman–Crippen MR) is 77.7 cm³/mol. The second kappa shape index (κ2) is 6.16. The van der Waals surface area contributed by atoms with E-state index in [1.54, 1.807) is 24.3 Å². The molecular formula is C14H12ClN3O2. The van der Waals surface area contributed by atoms with Gasteiger partial charge in [0.2, 0.25) is 0 Å². The molecule has 1 aromatic carbocycles. The molecule has 0 fully saturated rings. The van der Waals surface area contributed by atoms with E-state index in [1.807, 2.05) is 19.1 Å². The topological polar surface area (TPSA) is 71.1 Å². The molecule has 0 aliphatic rings. The Hall–Kier alpha value is -2.40. The van der Waals surface area contributed by atoms with Crippen LogP contribution in [-0.2, 0) is 9.59 Å². The number of carbonyl (C=O) groups excluding carboxylic acids is 2. The number of anilines is 2. The van der Waals surface area contributed by atoms with Gasteiger partial charge in [-0.3, -0.25) is 9.59 Å². The first-order valence-corrected chi connectivity index (χ1v) is 6.23. The summed E-state index contributed by atoms with van der Waals surface area (Å²) < 4.78 is 0. The number of benzene rings is 1. The maximum Gasteiger partial charge on any atom is 0.314 e. The average Bonchev–Trinajstić information content (AvgIpc) is 2.44. The van der Waals surface area contributed by atoms with Crippen LogP contribution >= 0.6 is 11.6 Å². The molecule has 5 nitrogen and oxygen atoms in total. The molecule has 0 unspecified atom stereocenters. The number of nitrogens with one attached hydrogen (secondary N) is 2. The van der Waals surface area contributed by atoms with Crippen LogP contribution in [0, 0.1) is 6.92 Å². The maximum atomic E-state index is 11.7. The lowest BCUT2D eigenvalue weighted by molar-refractivity contribution is -0.133. The molecular weight excluding hydrogens is 278 g/mol. The molecule has 2 rings (SSSR count). The third-order valence-electron chi connectivity index (χ3n) is 2.52. The first kappa shape index (κ1) is 14.0. The summed E-state index contributed by atoms with van der Waals surface area (Å²) in [7, 11) is 0. The highest BCUT2D eigenvalue weighted by Gasteiger charge is 2.15. The van der Waals surface area contributed by atoms with E-state index < -0.39 is 11.8 Å². The number of hydrogen-bond acceptors (Lipinski definition) is 3. The second-order valence-corrected chi connectivity index (χ2v) is 4.47.